The number of ether oxygens (including phenoxy) is 1. The Kier molecular flexibility index (Phi) is 4.59. The lowest BCUT2D eigenvalue weighted by molar-refractivity contribution is 0.0497. The highest BCUT2D eigenvalue weighted by Crippen LogP contribution is 2.10. The lowest BCUT2D eigenvalue weighted by atomic mass is 10.2. The molecule has 0 aliphatic rings. The summed E-state index contributed by atoms with van der Waals surface area (Å²) in [4.78, 5) is 11.8. The fourth-order valence-corrected chi connectivity index (χ4v) is 1.61. The summed E-state index contributed by atoms with van der Waals surface area (Å²) in [7, 11) is 0. The average Bonchev–Trinajstić information content (AvgIpc) is 2.64. The Labute approximate surface area is 86.7 Å². The first-order valence-electron chi connectivity index (χ1n) is 4.55. The van der Waals surface area contributed by atoms with Crippen LogP contribution in [0.1, 0.15) is 29.4 Å². The number of esters is 1. The van der Waals surface area contributed by atoms with E-state index >= 15 is 0 Å². The van der Waals surface area contributed by atoms with Gasteiger partial charge < -0.3 is 4.74 Å². The second-order valence-electron chi connectivity index (χ2n) is 3.04. The predicted octanol–water partition coefficient (Wildman–Crippen LogP) is 3.04. The van der Waals surface area contributed by atoms with Gasteiger partial charge in [-0.15, -0.1) is 11.3 Å². The van der Waals surface area contributed by atoms with E-state index in [4.69, 9.17) is 4.74 Å². The third-order valence-electron chi connectivity index (χ3n) is 1.70. The van der Waals surface area contributed by atoms with E-state index < -0.39 is 6.17 Å². The van der Waals surface area contributed by atoms with Crippen molar-refractivity contribution in [3.05, 3.63) is 22.4 Å². The molecule has 0 unspecified atom stereocenters. The molecule has 0 N–H and O–H groups in total. The molecule has 4 heteroatoms. The minimum absolute atomic E-state index is 0.297. The number of carbonyl (C=O) groups is 1. The third-order valence-corrected chi connectivity index (χ3v) is 2.55. The Morgan fingerprint density at radius 3 is 3.07 bits per heavy atom. The van der Waals surface area contributed by atoms with Crippen LogP contribution in [-0.2, 0) is 4.74 Å². The van der Waals surface area contributed by atoms with E-state index in [9.17, 15) is 9.18 Å². The average molecular weight is 216 g/mol. The standard InChI is InChI=1S/C10H13FO2S/c1-8(11)4-2-6-13-10(12)9-5-3-7-14-9/h3,5,7-8H,2,4,6H2,1H3/t8-/m1/s1. The van der Waals surface area contributed by atoms with Gasteiger partial charge in [-0.1, -0.05) is 6.07 Å². The van der Waals surface area contributed by atoms with Gasteiger partial charge in [0.15, 0.2) is 0 Å². The SMILES string of the molecule is C[C@@H](F)CCCOC(=O)c1cccs1. The smallest absolute Gasteiger partial charge is 0.348 e. The zero-order chi connectivity index (χ0) is 10.4. The van der Waals surface area contributed by atoms with Gasteiger partial charge in [0.1, 0.15) is 4.88 Å². The summed E-state index contributed by atoms with van der Waals surface area (Å²) in [6.07, 6.45) is 0.197. The lowest BCUT2D eigenvalue weighted by Crippen LogP contribution is -2.05. The number of hydrogen-bond donors (Lipinski definition) is 0. The van der Waals surface area contributed by atoms with Crippen molar-refractivity contribution in [2.75, 3.05) is 6.61 Å². The van der Waals surface area contributed by atoms with Crippen LogP contribution in [0.3, 0.4) is 0 Å². The topological polar surface area (TPSA) is 26.3 Å². The fourth-order valence-electron chi connectivity index (χ4n) is 0.995. The highest BCUT2D eigenvalue weighted by atomic mass is 32.1. The molecule has 0 aromatic carbocycles. The molecule has 2 nitrogen and oxygen atoms in total. The van der Waals surface area contributed by atoms with Crippen LogP contribution < -0.4 is 0 Å². The van der Waals surface area contributed by atoms with E-state index in [-0.39, 0.29) is 5.97 Å². The second-order valence-corrected chi connectivity index (χ2v) is 3.98. The van der Waals surface area contributed by atoms with Crippen molar-refractivity contribution >= 4 is 17.3 Å². The molecule has 78 valence electrons. The van der Waals surface area contributed by atoms with Gasteiger partial charge in [0.05, 0.1) is 12.8 Å². The minimum atomic E-state index is -0.824. The van der Waals surface area contributed by atoms with E-state index in [2.05, 4.69) is 0 Å². The first-order valence-corrected chi connectivity index (χ1v) is 5.43. The number of rotatable bonds is 5. The Balaban J connectivity index is 2.16. The molecule has 0 saturated heterocycles. The summed E-state index contributed by atoms with van der Waals surface area (Å²) in [6, 6.07) is 3.51. The first kappa shape index (κ1) is 11.2. The van der Waals surface area contributed by atoms with E-state index in [1.807, 2.05) is 5.38 Å². The zero-order valence-corrected chi connectivity index (χ0v) is 8.85. The van der Waals surface area contributed by atoms with Gasteiger partial charge in [0.25, 0.3) is 0 Å². The van der Waals surface area contributed by atoms with Gasteiger partial charge in [-0.3, -0.25) is 0 Å². The summed E-state index contributed by atoms with van der Waals surface area (Å²) in [5.41, 5.74) is 0. The third kappa shape index (κ3) is 3.87. The summed E-state index contributed by atoms with van der Waals surface area (Å²) in [5, 5.41) is 1.82. The Hall–Kier alpha value is -0.900. The molecule has 0 saturated carbocycles. The van der Waals surface area contributed by atoms with E-state index in [0.29, 0.717) is 24.3 Å². The van der Waals surface area contributed by atoms with Crippen molar-refractivity contribution in [3.8, 4) is 0 Å². The van der Waals surface area contributed by atoms with Gasteiger partial charge >= 0.3 is 5.97 Å². The molecule has 0 amide bonds. The molecule has 1 atom stereocenters. The molecule has 0 bridgehead atoms. The number of thiophene rings is 1. The van der Waals surface area contributed by atoms with E-state index in [1.165, 1.54) is 18.3 Å². The molecule has 0 fully saturated rings. The minimum Gasteiger partial charge on any atom is -0.462 e. The van der Waals surface area contributed by atoms with Gasteiger partial charge in [-0.25, -0.2) is 9.18 Å². The van der Waals surface area contributed by atoms with Crippen LogP contribution >= 0.6 is 11.3 Å². The predicted molar refractivity (Wildman–Crippen MR) is 54.4 cm³/mol. The number of halogens is 1. The second kappa shape index (κ2) is 5.75. The van der Waals surface area contributed by atoms with Gasteiger partial charge in [-0.2, -0.15) is 0 Å². The van der Waals surface area contributed by atoms with E-state index in [0.717, 1.165) is 0 Å². The molecular weight excluding hydrogens is 203 g/mol. The molecule has 1 heterocycles. The molecular formula is C10H13FO2S. The maximum Gasteiger partial charge on any atom is 0.348 e. The Morgan fingerprint density at radius 1 is 1.71 bits per heavy atom. The zero-order valence-electron chi connectivity index (χ0n) is 8.03. The molecule has 0 aliphatic heterocycles. The number of alkyl halides is 1. The summed E-state index contributed by atoms with van der Waals surface area (Å²) < 4.78 is 17.3. The van der Waals surface area contributed by atoms with Crippen LogP contribution in [0.25, 0.3) is 0 Å². The van der Waals surface area contributed by atoms with Crippen molar-refractivity contribution in [2.45, 2.75) is 25.9 Å². The molecule has 1 aromatic rings. The van der Waals surface area contributed by atoms with Crippen LogP contribution in [0.2, 0.25) is 0 Å². The maximum atomic E-state index is 12.4. The summed E-state index contributed by atoms with van der Waals surface area (Å²) >= 11 is 1.35. The highest BCUT2D eigenvalue weighted by molar-refractivity contribution is 7.11. The summed E-state index contributed by atoms with van der Waals surface area (Å²) in [5.74, 6) is -0.313. The van der Waals surface area contributed by atoms with Crippen LogP contribution in [0.15, 0.2) is 17.5 Å². The van der Waals surface area contributed by atoms with E-state index in [1.54, 1.807) is 12.1 Å². The molecule has 1 aromatic heterocycles. The van der Waals surface area contributed by atoms with Crippen molar-refractivity contribution in [1.29, 1.82) is 0 Å². The van der Waals surface area contributed by atoms with Crippen LogP contribution in [0.5, 0.6) is 0 Å². The highest BCUT2D eigenvalue weighted by Gasteiger charge is 2.07. The van der Waals surface area contributed by atoms with Gasteiger partial charge in [0.2, 0.25) is 0 Å². The number of carbonyl (C=O) groups excluding carboxylic acids is 1. The van der Waals surface area contributed by atoms with Crippen molar-refractivity contribution in [1.82, 2.24) is 0 Å². The largest absolute Gasteiger partial charge is 0.462 e. The van der Waals surface area contributed by atoms with Crippen molar-refractivity contribution in [3.63, 3.8) is 0 Å². The van der Waals surface area contributed by atoms with Crippen LogP contribution in [0.4, 0.5) is 4.39 Å². The molecule has 1 rings (SSSR count). The first-order chi connectivity index (χ1) is 6.70. The Morgan fingerprint density at radius 2 is 2.50 bits per heavy atom. The molecule has 0 aliphatic carbocycles. The van der Waals surface area contributed by atoms with Crippen molar-refractivity contribution < 1.29 is 13.9 Å². The Bertz CT molecular complexity index is 270. The number of hydrogen-bond acceptors (Lipinski definition) is 3. The quantitative estimate of drug-likeness (QED) is 0.558. The van der Waals surface area contributed by atoms with Gasteiger partial charge in [-0.05, 0) is 31.2 Å². The van der Waals surface area contributed by atoms with Gasteiger partial charge in [0, 0.05) is 0 Å². The molecule has 0 radical (unpaired) electrons. The molecule has 14 heavy (non-hydrogen) atoms. The monoisotopic (exact) mass is 216 g/mol. The van der Waals surface area contributed by atoms with Crippen LogP contribution in [-0.4, -0.2) is 18.7 Å². The lowest BCUT2D eigenvalue weighted by Gasteiger charge is -2.03. The summed E-state index contributed by atoms with van der Waals surface area (Å²) in [6.45, 7) is 1.80. The fraction of sp³-hybridized carbons (Fsp3) is 0.500. The van der Waals surface area contributed by atoms with Crippen molar-refractivity contribution in [2.24, 2.45) is 0 Å². The normalized spacial score (nSPS) is 12.4. The molecule has 0 spiro atoms. The van der Waals surface area contributed by atoms with Crippen LogP contribution in [0, 0.1) is 0 Å². The maximum absolute atomic E-state index is 12.4.